The van der Waals surface area contributed by atoms with Crippen LogP contribution in [0.5, 0.6) is 5.88 Å². The fourth-order valence-electron chi connectivity index (χ4n) is 1.76. The van der Waals surface area contributed by atoms with Crippen LogP contribution in [0.15, 0.2) is 35.4 Å². The summed E-state index contributed by atoms with van der Waals surface area (Å²) in [6, 6.07) is 2.61. The van der Waals surface area contributed by atoms with E-state index in [-0.39, 0.29) is 28.0 Å². The zero-order chi connectivity index (χ0) is 22.8. The summed E-state index contributed by atoms with van der Waals surface area (Å²) in [5.41, 5.74) is 1.05. The number of nitrogens with two attached hydrogens (primary N) is 1. The number of carbonyl (C=O) groups is 2. The van der Waals surface area contributed by atoms with E-state index >= 15 is 0 Å². The second kappa shape index (κ2) is 11.6. The van der Waals surface area contributed by atoms with E-state index in [1.54, 1.807) is 0 Å². The Hall–Kier alpha value is -2.31. The van der Waals surface area contributed by atoms with Crippen LogP contribution in [0.4, 0.5) is 13.2 Å². The van der Waals surface area contributed by atoms with Crippen molar-refractivity contribution in [1.82, 2.24) is 4.98 Å². The summed E-state index contributed by atoms with van der Waals surface area (Å²) < 4.78 is 42.5. The van der Waals surface area contributed by atoms with Gasteiger partial charge >= 0.3 is 17.4 Å². The number of aliphatic hydroxyl groups excluding tert-OH is 1. The minimum absolute atomic E-state index is 0.186. The Labute approximate surface area is 169 Å². The SMILES string of the molecule is CC(C)(C)CC(O)[C@@H](N)Oc1ncccc1SC(F)(F)F.O=C(O)/C=C\C(=O)O. The maximum Gasteiger partial charge on any atom is 0.446 e. The normalized spacial score (nSPS) is 13.9. The topological polar surface area (TPSA) is 143 Å². The molecule has 1 heterocycles. The van der Waals surface area contributed by atoms with Gasteiger partial charge in [0.2, 0.25) is 5.88 Å². The van der Waals surface area contributed by atoms with Crippen LogP contribution in [0.2, 0.25) is 0 Å². The van der Waals surface area contributed by atoms with Crippen LogP contribution in [0, 0.1) is 5.41 Å². The highest BCUT2D eigenvalue weighted by atomic mass is 32.2. The number of pyridine rings is 1. The number of aliphatic carboxylic acids is 2. The van der Waals surface area contributed by atoms with E-state index in [2.05, 4.69) is 4.98 Å². The number of nitrogens with zero attached hydrogens (tertiary/aromatic N) is 1. The Balaban J connectivity index is 0.000000828. The number of aromatic nitrogens is 1. The maximum absolute atomic E-state index is 12.4. The average Bonchev–Trinajstić information content (AvgIpc) is 2.52. The van der Waals surface area contributed by atoms with Crippen molar-refractivity contribution in [2.75, 3.05) is 0 Å². The highest BCUT2D eigenvalue weighted by molar-refractivity contribution is 8.00. The van der Waals surface area contributed by atoms with Gasteiger partial charge in [0, 0.05) is 18.3 Å². The van der Waals surface area contributed by atoms with Gasteiger partial charge in [-0.2, -0.15) is 13.2 Å². The molecule has 0 radical (unpaired) electrons. The fourth-order valence-corrected chi connectivity index (χ4v) is 2.34. The number of carboxylic acids is 2. The Kier molecular flexibility index (Phi) is 10.7. The summed E-state index contributed by atoms with van der Waals surface area (Å²) in [5.74, 6) is -2.75. The quantitative estimate of drug-likeness (QED) is 0.286. The van der Waals surface area contributed by atoms with Crippen LogP contribution < -0.4 is 10.5 Å². The number of hydrogen-bond acceptors (Lipinski definition) is 7. The van der Waals surface area contributed by atoms with E-state index in [0.717, 1.165) is 0 Å². The average molecular weight is 440 g/mol. The molecule has 1 unspecified atom stereocenters. The lowest BCUT2D eigenvalue weighted by molar-refractivity contribution is -0.134. The third-order valence-corrected chi connectivity index (χ3v) is 3.54. The van der Waals surface area contributed by atoms with Gasteiger partial charge in [0.05, 0.1) is 4.90 Å². The van der Waals surface area contributed by atoms with Crippen molar-refractivity contribution >= 4 is 23.7 Å². The third kappa shape index (κ3) is 14.4. The Morgan fingerprint density at radius 3 is 2.17 bits per heavy atom. The van der Waals surface area contributed by atoms with E-state index in [0.29, 0.717) is 18.6 Å². The molecule has 0 amide bonds. The molecule has 0 bridgehead atoms. The summed E-state index contributed by atoms with van der Waals surface area (Å²) in [6.45, 7) is 5.73. The van der Waals surface area contributed by atoms with E-state index in [4.69, 9.17) is 20.7 Å². The first-order valence-corrected chi connectivity index (χ1v) is 8.87. The van der Waals surface area contributed by atoms with Crippen LogP contribution in [0.1, 0.15) is 27.2 Å². The second-order valence-corrected chi connectivity index (χ2v) is 7.89. The van der Waals surface area contributed by atoms with Crippen LogP contribution >= 0.6 is 11.8 Å². The molecule has 0 aliphatic heterocycles. The Morgan fingerprint density at radius 1 is 1.24 bits per heavy atom. The number of rotatable bonds is 7. The molecule has 2 atom stereocenters. The molecule has 12 heteroatoms. The van der Waals surface area contributed by atoms with Crippen molar-refractivity contribution in [3.63, 3.8) is 0 Å². The van der Waals surface area contributed by atoms with Crippen molar-refractivity contribution in [3.05, 3.63) is 30.5 Å². The van der Waals surface area contributed by atoms with Gasteiger partial charge in [-0.1, -0.05) is 20.8 Å². The minimum atomic E-state index is -4.45. The number of alkyl halides is 3. The van der Waals surface area contributed by atoms with Gasteiger partial charge in [-0.05, 0) is 35.7 Å². The van der Waals surface area contributed by atoms with Crippen LogP contribution in [0.3, 0.4) is 0 Å². The number of thioether (sulfide) groups is 1. The Morgan fingerprint density at radius 2 is 1.76 bits per heavy atom. The molecule has 0 aliphatic rings. The van der Waals surface area contributed by atoms with Crippen LogP contribution in [-0.4, -0.2) is 50.1 Å². The van der Waals surface area contributed by atoms with Crippen molar-refractivity contribution in [3.8, 4) is 5.88 Å². The smallest absolute Gasteiger partial charge is 0.446 e. The first kappa shape index (κ1) is 26.7. The lowest BCUT2D eigenvalue weighted by Crippen LogP contribution is -2.42. The highest BCUT2D eigenvalue weighted by Crippen LogP contribution is 2.40. The number of carboxylic acid groups (broad SMARTS) is 2. The molecule has 8 nitrogen and oxygen atoms in total. The highest BCUT2D eigenvalue weighted by Gasteiger charge is 2.32. The van der Waals surface area contributed by atoms with Crippen molar-refractivity contribution < 1.29 is 42.8 Å². The Bertz CT molecular complexity index is 691. The molecule has 29 heavy (non-hydrogen) atoms. The molecule has 164 valence electrons. The lowest BCUT2D eigenvalue weighted by Gasteiger charge is -2.26. The molecule has 0 spiro atoms. The number of ether oxygens (including phenoxy) is 1. The molecule has 0 fully saturated rings. The molecule has 0 aromatic carbocycles. The van der Waals surface area contributed by atoms with Gasteiger partial charge in [0.15, 0.2) is 6.23 Å². The van der Waals surface area contributed by atoms with E-state index in [9.17, 15) is 27.9 Å². The summed E-state index contributed by atoms with van der Waals surface area (Å²) >= 11 is -0.330. The van der Waals surface area contributed by atoms with Gasteiger partial charge in [0.1, 0.15) is 6.10 Å². The molecular formula is C17H23F3N2O6S. The molecule has 0 saturated heterocycles. The van der Waals surface area contributed by atoms with E-state index < -0.39 is 29.8 Å². The first-order chi connectivity index (χ1) is 13.1. The predicted molar refractivity (Wildman–Crippen MR) is 99.2 cm³/mol. The molecular weight excluding hydrogens is 417 g/mol. The standard InChI is InChI=1S/C13H19F3N2O2S.C4H4O4/c1-12(2,3)7-8(19)10(17)20-11-9(5-4-6-18-11)21-13(14,15)16;5-3(6)1-2-4(7)8/h4-6,8,10,19H,7,17H2,1-3H3;1-2H,(H,5,6)(H,7,8)/b;2-1-/t8?,10-;/m0./s1. The van der Waals surface area contributed by atoms with Gasteiger partial charge in [-0.25, -0.2) is 14.6 Å². The van der Waals surface area contributed by atoms with Crippen LogP contribution in [-0.2, 0) is 9.59 Å². The van der Waals surface area contributed by atoms with Crippen molar-refractivity contribution in [2.45, 2.75) is 49.9 Å². The zero-order valence-corrected chi connectivity index (χ0v) is 16.7. The van der Waals surface area contributed by atoms with Gasteiger partial charge in [0.25, 0.3) is 0 Å². The van der Waals surface area contributed by atoms with Crippen LogP contribution in [0.25, 0.3) is 0 Å². The largest absolute Gasteiger partial charge is 0.478 e. The molecule has 1 aromatic heterocycles. The number of aliphatic hydroxyl groups is 1. The van der Waals surface area contributed by atoms with E-state index in [1.807, 2.05) is 20.8 Å². The first-order valence-electron chi connectivity index (χ1n) is 8.05. The summed E-state index contributed by atoms with van der Waals surface area (Å²) in [7, 11) is 0. The summed E-state index contributed by atoms with van der Waals surface area (Å²) in [4.78, 5) is 22.7. The van der Waals surface area contributed by atoms with Crippen molar-refractivity contribution in [2.24, 2.45) is 11.1 Å². The second-order valence-electron chi connectivity index (χ2n) is 6.78. The molecule has 1 rings (SSSR count). The molecule has 0 aliphatic carbocycles. The fraction of sp³-hybridized carbons (Fsp3) is 0.471. The monoisotopic (exact) mass is 440 g/mol. The zero-order valence-electron chi connectivity index (χ0n) is 15.9. The molecule has 5 N–H and O–H groups in total. The number of halogens is 3. The summed E-state index contributed by atoms with van der Waals surface area (Å²) in [5, 5.41) is 25.6. The summed E-state index contributed by atoms with van der Waals surface area (Å²) in [6.07, 6.45) is 0.619. The van der Waals surface area contributed by atoms with Crippen molar-refractivity contribution in [1.29, 1.82) is 0 Å². The minimum Gasteiger partial charge on any atom is -0.478 e. The van der Waals surface area contributed by atoms with Gasteiger partial charge in [-0.15, -0.1) is 0 Å². The van der Waals surface area contributed by atoms with E-state index in [1.165, 1.54) is 18.3 Å². The van der Waals surface area contributed by atoms with Gasteiger partial charge < -0.3 is 20.1 Å². The molecule has 1 aromatic rings. The lowest BCUT2D eigenvalue weighted by atomic mass is 9.89. The predicted octanol–water partition coefficient (Wildman–Crippen LogP) is 2.87. The number of hydrogen-bond donors (Lipinski definition) is 4. The maximum atomic E-state index is 12.4. The van der Waals surface area contributed by atoms with Gasteiger partial charge in [-0.3, -0.25) is 5.73 Å². The molecule has 0 saturated carbocycles. The third-order valence-electron chi connectivity index (χ3n) is 2.78.